The minimum atomic E-state index is 0.675. The van der Waals surface area contributed by atoms with Crippen molar-refractivity contribution < 1.29 is 4.74 Å². The number of hydrogen-bond acceptors (Lipinski definition) is 5. The lowest BCUT2D eigenvalue weighted by molar-refractivity contribution is 0.307. The lowest BCUT2D eigenvalue weighted by atomic mass is 10.1. The van der Waals surface area contributed by atoms with Crippen LogP contribution in [-0.4, -0.2) is 23.1 Å². The number of anilines is 3. The number of pyridine rings is 2. The molecule has 2 heterocycles. The molecular formula is C33H30N4O. The topological polar surface area (TPSA) is 59.1 Å². The van der Waals surface area contributed by atoms with Crippen molar-refractivity contribution in [3.8, 4) is 5.75 Å². The monoisotopic (exact) mass is 498 g/mol. The quantitative estimate of drug-likeness (QED) is 0.147. The maximum atomic E-state index is 6.25. The molecule has 5 heteroatoms. The molecule has 0 radical (unpaired) electrons. The Bertz CT molecular complexity index is 1640. The average molecular weight is 499 g/mol. The Morgan fingerprint density at radius 3 is 2.03 bits per heavy atom. The summed E-state index contributed by atoms with van der Waals surface area (Å²) in [4.78, 5) is 9.28. The number of benzene rings is 4. The fourth-order valence-electron chi connectivity index (χ4n) is 4.86. The van der Waals surface area contributed by atoms with Crippen LogP contribution in [0.1, 0.15) is 19.3 Å². The first-order valence-corrected chi connectivity index (χ1v) is 13.2. The van der Waals surface area contributed by atoms with Crippen LogP contribution in [0, 0.1) is 0 Å². The second kappa shape index (κ2) is 11.2. The van der Waals surface area contributed by atoms with E-state index in [0.717, 1.165) is 81.3 Å². The van der Waals surface area contributed by atoms with Crippen molar-refractivity contribution >= 4 is 49.8 Å². The molecule has 0 spiro atoms. The zero-order chi connectivity index (χ0) is 25.6. The number of rotatable bonds is 10. The van der Waals surface area contributed by atoms with Crippen molar-refractivity contribution in [2.24, 2.45) is 0 Å². The fourth-order valence-corrected chi connectivity index (χ4v) is 4.86. The van der Waals surface area contributed by atoms with Gasteiger partial charge in [-0.15, -0.1) is 0 Å². The SMILES string of the molecule is c1ccc(OCCCCCNc2ccnc3ccccc23)c(Nc2c3ccccc3nc3ccccc23)c1. The summed E-state index contributed by atoms with van der Waals surface area (Å²) in [5.41, 5.74) is 6.12. The first-order valence-electron chi connectivity index (χ1n) is 13.2. The summed E-state index contributed by atoms with van der Waals surface area (Å²) in [5.74, 6) is 0.860. The smallest absolute Gasteiger partial charge is 0.142 e. The zero-order valence-electron chi connectivity index (χ0n) is 21.2. The summed E-state index contributed by atoms with van der Waals surface area (Å²) in [6, 6.07) is 34.9. The Morgan fingerprint density at radius 2 is 1.24 bits per heavy atom. The highest BCUT2D eigenvalue weighted by Crippen LogP contribution is 2.36. The van der Waals surface area contributed by atoms with Crippen molar-refractivity contribution in [2.75, 3.05) is 23.8 Å². The molecule has 0 atom stereocenters. The van der Waals surface area contributed by atoms with Crippen LogP contribution in [0.4, 0.5) is 17.1 Å². The minimum Gasteiger partial charge on any atom is -0.491 e. The number of nitrogens with one attached hydrogen (secondary N) is 2. The number of fused-ring (bicyclic) bond motifs is 3. The number of ether oxygens (including phenoxy) is 1. The molecule has 0 aliphatic carbocycles. The van der Waals surface area contributed by atoms with E-state index in [4.69, 9.17) is 9.72 Å². The number of hydrogen-bond donors (Lipinski definition) is 2. The molecule has 0 saturated heterocycles. The Hall–Kier alpha value is -4.64. The highest BCUT2D eigenvalue weighted by atomic mass is 16.5. The maximum absolute atomic E-state index is 6.25. The molecule has 0 bridgehead atoms. The third kappa shape index (κ3) is 5.09. The van der Waals surface area contributed by atoms with E-state index in [1.807, 2.05) is 54.7 Å². The minimum absolute atomic E-state index is 0.675. The molecule has 5 nitrogen and oxygen atoms in total. The summed E-state index contributed by atoms with van der Waals surface area (Å²) in [6.07, 6.45) is 5.02. The number of para-hydroxylation sites is 5. The van der Waals surface area contributed by atoms with Crippen LogP contribution in [0.5, 0.6) is 5.75 Å². The molecule has 2 N–H and O–H groups in total. The van der Waals surface area contributed by atoms with Crippen molar-refractivity contribution in [3.05, 3.63) is 109 Å². The first-order chi connectivity index (χ1) is 18.9. The second-order valence-electron chi connectivity index (χ2n) is 9.35. The Morgan fingerprint density at radius 1 is 0.579 bits per heavy atom. The summed E-state index contributed by atoms with van der Waals surface area (Å²) in [7, 11) is 0. The van der Waals surface area contributed by atoms with Crippen LogP contribution in [0.2, 0.25) is 0 Å². The van der Waals surface area contributed by atoms with Crippen LogP contribution in [-0.2, 0) is 0 Å². The average Bonchev–Trinajstić information content (AvgIpc) is 2.97. The van der Waals surface area contributed by atoms with E-state index in [9.17, 15) is 0 Å². The van der Waals surface area contributed by atoms with Gasteiger partial charge in [0.2, 0.25) is 0 Å². The lowest BCUT2D eigenvalue weighted by Gasteiger charge is -2.16. The van der Waals surface area contributed by atoms with Gasteiger partial charge in [0.25, 0.3) is 0 Å². The predicted molar refractivity (Wildman–Crippen MR) is 159 cm³/mol. The lowest BCUT2D eigenvalue weighted by Crippen LogP contribution is -2.04. The molecular weight excluding hydrogens is 468 g/mol. The second-order valence-corrected chi connectivity index (χ2v) is 9.35. The van der Waals surface area contributed by atoms with Gasteiger partial charge in [-0.05, 0) is 55.7 Å². The zero-order valence-corrected chi connectivity index (χ0v) is 21.2. The van der Waals surface area contributed by atoms with Gasteiger partial charge in [-0.2, -0.15) is 0 Å². The van der Waals surface area contributed by atoms with Crippen molar-refractivity contribution in [1.29, 1.82) is 0 Å². The summed E-state index contributed by atoms with van der Waals surface area (Å²) in [5, 5.41) is 10.6. The van der Waals surface area contributed by atoms with E-state index in [1.54, 1.807) is 0 Å². The summed E-state index contributed by atoms with van der Waals surface area (Å²) in [6.45, 7) is 1.60. The van der Waals surface area contributed by atoms with E-state index in [1.165, 1.54) is 0 Å². The molecule has 0 saturated carbocycles. The molecule has 188 valence electrons. The number of aromatic nitrogens is 2. The van der Waals surface area contributed by atoms with Gasteiger partial charge in [-0.1, -0.05) is 66.7 Å². The van der Waals surface area contributed by atoms with Gasteiger partial charge < -0.3 is 15.4 Å². The number of unbranched alkanes of at least 4 members (excludes halogenated alkanes) is 2. The van der Waals surface area contributed by atoms with Gasteiger partial charge in [-0.25, -0.2) is 4.98 Å². The van der Waals surface area contributed by atoms with Gasteiger partial charge in [0.1, 0.15) is 5.75 Å². The molecule has 6 aromatic rings. The largest absolute Gasteiger partial charge is 0.491 e. The normalized spacial score (nSPS) is 11.2. The van der Waals surface area contributed by atoms with Crippen LogP contribution >= 0.6 is 0 Å². The standard InChI is InChI=1S/C33H30N4O/c1(10-21-34-28-20-22-35-27-15-5-2-12-24(27)28)11-23-38-32-19-9-8-18-31(32)37-33-25-13-3-6-16-29(25)36-30-17-7-4-14-26(30)33/h2-9,12-20,22H,1,10-11,21,23H2,(H,34,35)(H,36,37). The van der Waals surface area contributed by atoms with Crippen LogP contribution in [0.3, 0.4) is 0 Å². The van der Waals surface area contributed by atoms with Gasteiger partial charge in [-0.3, -0.25) is 4.98 Å². The molecule has 6 rings (SSSR count). The summed E-state index contributed by atoms with van der Waals surface area (Å²) >= 11 is 0. The Labute approximate surface area is 222 Å². The summed E-state index contributed by atoms with van der Waals surface area (Å²) < 4.78 is 6.25. The number of nitrogens with zero attached hydrogens (tertiary/aromatic N) is 2. The van der Waals surface area contributed by atoms with Crippen LogP contribution in [0.25, 0.3) is 32.7 Å². The van der Waals surface area contributed by atoms with Crippen LogP contribution in [0.15, 0.2) is 109 Å². The third-order valence-corrected chi connectivity index (χ3v) is 6.78. The van der Waals surface area contributed by atoms with E-state index in [2.05, 4.69) is 70.2 Å². The first kappa shape index (κ1) is 23.7. The fraction of sp³-hybridized carbons (Fsp3) is 0.152. The van der Waals surface area contributed by atoms with Crippen molar-refractivity contribution in [2.45, 2.75) is 19.3 Å². The van der Waals surface area contributed by atoms with E-state index in [0.29, 0.717) is 6.61 Å². The molecule has 0 amide bonds. The van der Waals surface area contributed by atoms with Gasteiger partial charge >= 0.3 is 0 Å². The molecule has 4 aromatic carbocycles. The van der Waals surface area contributed by atoms with E-state index in [-0.39, 0.29) is 0 Å². The molecule has 0 aliphatic rings. The maximum Gasteiger partial charge on any atom is 0.142 e. The third-order valence-electron chi connectivity index (χ3n) is 6.78. The molecule has 0 unspecified atom stereocenters. The Kier molecular flexibility index (Phi) is 6.98. The molecule has 0 aliphatic heterocycles. The highest BCUT2D eigenvalue weighted by Gasteiger charge is 2.11. The van der Waals surface area contributed by atoms with E-state index < -0.39 is 0 Å². The van der Waals surface area contributed by atoms with Crippen molar-refractivity contribution in [1.82, 2.24) is 9.97 Å². The van der Waals surface area contributed by atoms with Crippen LogP contribution < -0.4 is 15.4 Å². The van der Waals surface area contributed by atoms with Gasteiger partial charge in [0.15, 0.2) is 0 Å². The molecule has 38 heavy (non-hydrogen) atoms. The predicted octanol–water partition coefficient (Wildman–Crippen LogP) is 8.34. The molecule has 2 aromatic heterocycles. The van der Waals surface area contributed by atoms with Gasteiger partial charge in [0, 0.05) is 34.6 Å². The molecule has 0 fully saturated rings. The van der Waals surface area contributed by atoms with E-state index >= 15 is 0 Å². The van der Waals surface area contributed by atoms with Crippen molar-refractivity contribution in [3.63, 3.8) is 0 Å². The van der Waals surface area contributed by atoms with Gasteiger partial charge in [0.05, 0.1) is 34.5 Å². The Balaban J connectivity index is 1.07. The highest BCUT2D eigenvalue weighted by molar-refractivity contribution is 6.08.